The molecule has 6 nitrogen and oxygen atoms in total. The molecule has 0 aliphatic rings. The van der Waals surface area contributed by atoms with Crippen LogP contribution < -0.4 is 11.3 Å². The van der Waals surface area contributed by atoms with Crippen molar-refractivity contribution >= 4 is 15.7 Å². The van der Waals surface area contributed by atoms with E-state index in [9.17, 15) is 8.42 Å². The number of amidine groups is 1. The second-order valence-corrected chi connectivity index (χ2v) is 5.24. The van der Waals surface area contributed by atoms with E-state index in [0.717, 1.165) is 6.26 Å². The van der Waals surface area contributed by atoms with Crippen molar-refractivity contribution in [2.24, 2.45) is 10.8 Å². The van der Waals surface area contributed by atoms with Gasteiger partial charge in [0.15, 0.2) is 9.84 Å². The highest BCUT2D eigenvalue weighted by atomic mass is 32.2. The molecule has 0 saturated heterocycles. The van der Waals surface area contributed by atoms with Gasteiger partial charge in [-0.1, -0.05) is 0 Å². The summed E-state index contributed by atoms with van der Waals surface area (Å²) in [6.45, 7) is 2.35. The lowest BCUT2D eigenvalue weighted by atomic mass is 10.4. The van der Waals surface area contributed by atoms with Crippen LogP contribution in [0.3, 0.4) is 0 Å². The SMILES string of the molecule is COCCN=C(NN)C(C)S(C)(=O)=O. The van der Waals surface area contributed by atoms with Gasteiger partial charge < -0.3 is 10.2 Å². The Bertz CT molecular complexity index is 287. The summed E-state index contributed by atoms with van der Waals surface area (Å²) in [5, 5.41) is -0.718. The maximum absolute atomic E-state index is 11.2. The van der Waals surface area contributed by atoms with Gasteiger partial charge in [0.2, 0.25) is 0 Å². The second-order valence-electron chi connectivity index (χ2n) is 2.88. The van der Waals surface area contributed by atoms with Crippen molar-refractivity contribution in [1.29, 1.82) is 0 Å². The van der Waals surface area contributed by atoms with Crippen molar-refractivity contribution < 1.29 is 13.2 Å². The number of hydrogen-bond acceptors (Lipinski definition) is 5. The molecule has 0 aromatic heterocycles. The van der Waals surface area contributed by atoms with Gasteiger partial charge in [-0.05, 0) is 6.92 Å². The first-order valence-corrected chi connectivity index (χ1v) is 6.07. The summed E-state index contributed by atoms with van der Waals surface area (Å²) in [4.78, 5) is 3.97. The van der Waals surface area contributed by atoms with Crippen molar-refractivity contribution in [2.45, 2.75) is 12.2 Å². The Morgan fingerprint density at radius 3 is 2.57 bits per heavy atom. The van der Waals surface area contributed by atoms with Gasteiger partial charge in [0.05, 0.1) is 13.2 Å². The van der Waals surface area contributed by atoms with Crippen LogP contribution in [-0.4, -0.2) is 46.0 Å². The molecule has 0 rings (SSSR count). The van der Waals surface area contributed by atoms with Crippen LogP contribution in [0.5, 0.6) is 0 Å². The number of methoxy groups -OCH3 is 1. The van der Waals surface area contributed by atoms with Crippen molar-refractivity contribution in [2.75, 3.05) is 26.5 Å². The van der Waals surface area contributed by atoms with E-state index in [1.807, 2.05) is 0 Å². The quantitative estimate of drug-likeness (QED) is 0.203. The minimum Gasteiger partial charge on any atom is -0.383 e. The molecule has 14 heavy (non-hydrogen) atoms. The lowest BCUT2D eigenvalue weighted by molar-refractivity contribution is 0.208. The fourth-order valence-corrected chi connectivity index (χ4v) is 1.30. The lowest BCUT2D eigenvalue weighted by Crippen LogP contribution is -2.41. The van der Waals surface area contributed by atoms with Gasteiger partial charge in [-0.2, -0.15) is 0 Å². The van der Waals surface area contributed by atoms with Crippen LogP contribution in [0.2, 0.25) is 0 Å². The molecule has 1 unspecified atom stereocenters. The van der Waals surface area contributed by atoms with Gasteiger partial charge in [-0.3, -0.25) is 4.99 Å². The number of ether oxygens (including phenoxy) is 1. The van der Waals surface area contributed by atoms with Crippen LogP contribution in [-0.2, 0) is 14.6 Å². The predicted molar refractivity (Wildman–Crippen MR) is 55.8 cm³/mol. The number of hydrogen-bond donors (Lipinski definition) is 2. The third kappa shape index (κ3) is 4.54. The molecule has 0 aliphatic carbocycles. The molecule has 0 spiro atoms. The minimum atomic E-state index is -3.17. The van der Waals surface area contributed by atoms with Crippen LogP contribution in [0.25, 0.3) is 0 Å². The van der Waals surface area contributed by atoms with E-state index in [-0.39, 0.29) is 5.84 Å². The van der Waals surface area contributed by atoms with Crippen molar-refractivity contribution in [3.63, 3.8) is 0 Å². The standard InChI is InChI=1S/C7H17N3O3S/c1-6(14(3,11)12)7(10-8)9-4-5-13-2/h6H,4-5,8H2,1-3H3,(H,9,10). The summed E-state index contributed by atoms with van der Waals surface area (Å²) >= 11 is 0. The topological polar surface area (TPSA) is 93.8 Å². The zero-order valence-corrected chi connectivity index (χ0v) is 9.47. The van der Waals surface area contributed by atoms with E-state index in [2.05, 4.69) is 10.4 Å². The molecule has 0 aliphatic heterocycles. The van der Waals surface area contributed by atoms with Crippen LogP contribution in [0.4, 0.5) is 0 Å². The number of nitrogens with two attached hydrogens (primary N) is 1. The molecule has 0 saturated carbocycles. The number of nitrogens with one attached hydrogen (secondary N) is 1. The average Bonchev–Trinajstić information content (AvgIpc) is 2.10. The summed E-state index contributed by atoms with van der Waals surface area (Å²) in [7, 11) is -1.62. The Morgan fingerprint density at radius 2 is 2.21 bits per heavy atom. The zero-order valence-electron chi connectivity index (χ0n) is 8.65. The zero-order chi connectivity index (χ0) is 11.2. The molecule has 0 radical (unpaired) electrons. The van der Waals surface area contributed by atoms with Gasteiger partial charge in [-0.25, -0.2) is 14.3 Å². The summed E-state index contributed by atoms with van der Waals surface area (Å²) in [5.41, 5.74) is 2.28. The van der Waals surface area contributed by atoms with Crippen LogP contribution in [0.15, 0.2) is 4.99 Å². The molecule has 1 atom stereocenters. The maximum atomic E-state index is 11.2. The number of sulfone groups is 1. The van der Waals surface area contributed by atoms with E-state index in [4.69, 9.17) is 10.6 Å². The van der Waals surface area contributed by atoms with E-state index in [0.29, 0.717) is 13.2 Å². The molecule has 0 heterocycles. The fraction of sp³-hybridized carbons (Fsp3) is 0.857. The Hall–Kier alpha value is -0.660. The van der Waals surface area contributed by atoms with Gasteiger partial charge in [-0.15, -0.1) is 0 Å². The predicted octanol–water partition coefficient (Wildman–Crippen LogP) is -1.07. The second kappa shape index (κ2) is 5.94. The molecule has 7 heteroatoms. The Kier molecular flexibility index (Phi) is 5.66. The van der Waals surface area contributed by atoms with Crippen LogP contribution in [0, 0.1) is 0 Å². The monoisotopic (exact) mass is 223 g/mol. The van der Waals surface area contributed by atoms with Crippen molar-refractivity contribution in [3.8, 4) is 0 Å². The molecule has 84 valence electrons. The largest absolute Gasteiger partial charge is 0.383 e. The normalized spacial score (nSPS) is 15.3. The highest BCUT2D eigenvalue weighted by molar-refractivity contribution is 7.92. The molecular weight excluding hydrogens is 206 g/mol. The van der Waals surface area contributed by atoms with Crippen LogP contribution >= 0.6 is 0 Å². The highest BCUT2D eigenvalue weighted by Gasteiger charge is 2.20. The number of aliphatic imine (C=N–C) groups is 1. The van der Waals surface area contributed by atoms with E-state index in [1.165, 1.54) is 6.92 Å². The first-order valence-electron chi connectivity index (χ1n) is 4.12. The summed E-state index contributed by atoms with van der Waals surface area (Å²) in [5.74, 6) is 5.42. The molecule has 0 fully saturated rings. The fourth-order valence-electron chi connectivity index (χ4n) is 0.752. The van der Waals surface area contributed by atoms with Gasteiger partial charge >= 0.3 is 0 Å². The number of nitrogens with zero attached hydrogens (tertiary/aromatic N) is 1. The summed E-state index contributed by atoms with van der Waals surface area (Å²) in [6.07, 6.45) is 1.14. The minimum absolute atomic E-state index is 0.254. The Morgan fingerprint density at radius 1 is 1.64 bits per heavy atom. The lowest BCUT2D eigenvalue weighted by Gasteiger charge is -2.12. The van der Waals surface area contributed by atoms with E-state index < -0.39 is 15.1 Å². The van der Waals surface area contributed by atoms with E-state index in [1.54, 1.807) is 7.11 Å². The summed E-state index contributed by atoms with van der Waals surface area (Å²) in [6, 6.07) is 0. The third-order valence-corrected chi connectivity index (χ3v) is 3.26. The molecule has 0 bridgehead atoms. The van der Waals surface area contributed by atoms with Crippen molar-refractivity contribution in [3.05, 3.63) is 0 Å². The molecule has 0 aromatic carbocycles. The molecule has 0 amide bonds. The van der Waals surface area contributed by atoms with Crippen LogP contribution in [0.1, 0.15) is 6.92 Å². The molecule has 3 N–H and O–H groups in total. The highest BCUT2D eigenvalue weighted by Crippen LogP contribution is 1.98. The Labute approximate surface area is 84.4 Å². The van der Waals surface area contributed by atoms with Crippen molar-refractivity contribution in [1.82, 2.24) is 5.43 Å². The number of rotatable bonds is 5. The summed E-state index contributed by atoms with van der Waals surface area (Å²) < 4.78 is 27.1. The molecular formula is C7H17N3O3S. The third-order valence-electron chi connectivity index (χ3n) is 1.75. The first-order chi connectivity index (χ1) is 6.43. The van der Waals surface area contributed by atoms with Gasteiger partial charge in [0, 0.05) is 13.4 Å². The maximum Gasteiger partial charge on any atom is 0.157 e. The number of hydrazine groups is 1. The van der Waals surface area contributed by atoms with Gasteiger partial charge in [0.25, 0.3) is 0 Å². The molecule has 0 aromatic rings. The smallest absolute Gasteiger partial charge is 0.157 e. The van der Waals surface area contributed by atoms with Gasteiger partial charge in [0.1, 0.15) is 11.1 Å². The average molecular weight is 223 g/mol. The first kappa shape index (κ1) is 13.3. The van der Waals surface area contributed by atoms with E-state index >= 15 is 0 Å². The Balaban J connectivity index is 4.48.